The molecule has 3 aromatic rings. The highest BCUT2D eigenvalue weighted by Crippen LogP contribution is 2.50. The van der Waals surface area contributed by atoms with Gasteiger partial charge in [0, 0.05) is 36.8 Å². The lowest BCUT2D eigenvalue weighted by Gasteiger charge is -2.52. The molecule has 0 amide bonds. The molecule has 1 saturated heterocycles. The Labute approximate surface area is 245 Å². The van der Waals surface area contributed by atoms with Gasteiger partial charge in [-0.2, -0.15) is 0 Å². The van der Waals surface area contributed by atoms with Gasteiger partial charge in [-0.1, -0.05) is 18.2 Å². The van der Waals surface area contributed by atoms with Gasteiger partial charge in [0.05, 0.1) is 46.0 Å². The van der Waals surface area contributed by atoms with Crippen LogP contribution in [0.1, 0.15) is 40.5 Å². The number of carbonyl (C=O) groups is 2. The second-order valence-corrected chi connectivity index (χ2v) is 11.3. The van der Waals surface area contributed by atoms with Crippen molar-refractivity contribution in [1.82, 2.24) is 9.88 Å². The number of aromatic nitrogens is 1. The van der Waals surface area contributed by atoms with Gasteiger partial charge in [0.2, 0.25) is 5.75 Å². The molecule has 0 unspecified atom stereocenters. The Hall–Kier alpha value is -3.76. The van der Waals surface area contributed by atoms with E-state index in [4.69, 9.17) is 28.4 Å². The Kier molecular flexibility index (Phi) is 7.76. The molecule has 2 aromatic carbocycles. The number of fused-ring (bicyclic) bond motifs is 6. The van der Waals surface area contributed by atoms with Gasteiger partial charge in [-0.05, 0) is 54.9 Å². The Morgan fingerprint density at radius 2 is 1.69 bits per heavy atom. The lowest BCUT2D eigenvalue weighted by atomic mass is 9.63. The van der Waals surface area contributed by atoms with E-state index in [0.717, 1.165) is 31.4 Å². The topological polar surface area (TPSA) is 109 Å². The predicted molar refractivity (Wildman–Crippen MR) is 154 cm³/mol. The van der Waals surface area contributed by atoms with Crippen molar-refractivity contribution in [3.8, 4) is 17.2 Å². The summed E-state index contributed by atoms with van der Waals surface area (Å²) >= 11 is 0. The van der Waals surface area contributed by atoms with Crippen LogP contribution in [0.5, 0.6) is 17.2 Å². The highest BCUT2D eigenvalue weighted by molar-refractivity contribution is 5.91. The summed E-state index contributed by atoms with van der Waals surface area (Å²) in [7, 11) is 7.45. The number of para-hydroxylation sites is 1. The fraction of sp³-hybridized carbons (Fsp3) is 0.500. The standard InChI is InChI=1S/C32H38N2O8/c1-37-24-12-17(13-25(38-2)29(24)39-3)31(35)42-26-14-18-16-34-11-10-20-19-8-6-7-9-22(19)33-28(20)23(34)15-21(18)27(30(26)40-4)32(36)41-5/h6-9,12-13,18,21,23,26-27,30,33H,10-11,14-16H2,1-5H3/t18-,21+,23+,26+,27+,30-/m1/s1. The maximum Gasteiger partial charge on any atom is 0.338 e. The summed E-state index contributed by atoms with van der Waals surface area (Å²) < 4.78 is 33.6. The third-order valence-electron chi connectivity index (χ3n) is 9.46. The van der Waals surface area contributed by atoms with E-state index in [2.05, 4.69) is 34.1 Å². The lowest BCUT2D eigenvalue weighted by molar-refractivity contribution is -0.176. The van der Waals surface area contributed by atoms with Gasteiger partial charge >= 0.3 is 11.9 Å². The predicted octanol–water partition coefficient (Wildman–Crippen LogP) is 4.16. The number of hydrogen-bond donors (Lipinski definition) is 1. The first-order valence-electron chi connectivity index (χ1n) is 14.4. The van der Waals surface area contributed by atoms with Gasteiger partial charge in [-0.25, -0.2) is 4.79 Å². The quantitative estimate of drug-likeness (QED) is 0.414. The second kappa shape index (κ2) is 11.5. The smallest absolute Gasteiger partial charge is 0.338 e. The molecule has 1 aliphatic carbocycles. The molecule has 6 rings (SSSR count). The molecule has 0 spiro atoms. The molecule has 10 heteroatoms. The normalized spacial score (nSPS) is 26.9. The van der Waals surface area contributed by atoms with Crippen LogP contribution in [0.15, 0.2) is 36.4 Å². The number of rotatable bonds is 7. The molecule has 0 radical (unpaired) electrons. The molecule has 1 aromatic heterocycles. The largest absolute Gasteiger partial charge is 0.493 e. The second-order valence-electron chi connectivity index (χ2n) is 11.3. The number of aromatic amines is 1. The minimum Gasteiger partial charge on any atom is -0.493 e. The number of hydrogen-bond acceptors (Lipinski definition) is 9. The molecule has 3 heterocycles. The Morgan fingerprint density at radius 3 is 2.36 bits per heavy atom. The summed E-state index contributed by atoms with van der Waals surface area (Å²) in [5, 5.41) is 1.27. The van der Waals surface area contributed by atoms with Crippen molar-refractivity contribution in [3.63, 3.8) is 0 Å². The van der Waals surface area contributed by atoms with Crippen LogP contribution in [0.25, 0.3) is 10.9 Å². The van der Waals surface area contributed by atoms with E-state index in [-0.39, 0.29) is 29.4 Å². The van der Waals surface area contributed by atoms with E-state index in [1.54, 1.807) is 19.2 Å². The molecule has 6 atom stereocenters. The molecule has 3 aliphatic rings. The van der Waals surface area contributed by atoms with Crippen molar-refractivity contribution in [3.05, 3.63) is 53.2 Å². The summed E-state index contributed by atoms with van der Waals surface area (Å²) in [5.74, 6) is -0.254. The van der Waals surface area contributed by atoms with E-state index < -0.39 is 24.1 Å². The molecule has 224 valence electrons. The van der Waals surface area contributed by atoms with Crippen LogP contribution in [0, 0.1) is 17.8 Å². The fourth-order valence-electron chi connectivity index (χ4n) is 7.60. The maximum absolute atomic E-state index is 13.5. The van der Waals surface area contributed by atoms with Crippen molar-refractivity contribution in [2.45, 2.75) is 37.5 Å². The monoisotopic (exact) mass is 578 g/mol. The van der Waals surface area contributed by atoms with Crippen LogP contribution in [0.4, 0.5) is 0 Å². The third kappa shape index (κ3) is 4.66. The molecule has 2 aliphatic heterocycles. The molecule has 1 saturated carbocycles. The summed E-state index contributed by atoms with van der Waals surface area (Å²) in [4.78, 5) is 33.1. The van der Waals surface area contributed by atoms with Gasteiger partial charge < -0.3 is 33.4 Å². The highest BCUT2D eigenvalue weighted by Gasteiger charge is 2.54. The van der Waals surface area contributed by atoms with Gasteiger partial charge in [0.1, 0.15) is 12.2 Å². The highest BCUT2D eigenvalue weighted by atomic mass is 16.6. The number of carbonyl (C=O) groups excluding carboxylic acids is 2. The average Bonchev–Trinajstić information content (AvgIpc) is 3.41. The Morgan fingerprint density at radius 1 is 0.952 bits per heavy atom. The minimum absolute atomic E-state index is 0.0112. The van der Waals surface area contributed by atoms with Crippen molar-refractivity contribution < 1.29 is 38.0 Å². The van der Waals surface area contributed by atoms with E-state index in [1.165, 1.54) is 45.1 Å². The van der Waals surface area contributed by atoms with Crippen LogP contribution >= 0.6 is 0 Å². The minimum atomic E-state index is -0.651. The fourth-order valence-corrected chi connectivity index (χ4v) is 7.60. The first-order valence-corrected chi connectivity index (χ1v) is 14.4. The van der Waals surface area contributed by atoms with Crippen LogP contribution in [-0.2, 0) is 25.4 Å². The zero-order valence-electron chi connectivity index (χ0n) is 24.7. The Balaban J connectivity index is 1.29. The van der Waals surface area contributed by atoms with Crippen molar-refractivity contribution in [2.24, 2.45) is 17.8 Å². The molecule has 1 N–H and O–H groups in total. The van der Waals surface area contributed by atoms with Crippen molar-refractivity contribution in [2.75, 3.05) is 48.6 Å². The molecular formula is C32H38N2O8. The summed E-state index contributed by atoms with van der Waals surface area (Å²) in [6.07, 6.45) is 1.04. The summed E-state index contributed by atoms with van der Waals surface area (Å²) in [6.45, 7) is 1.74. The lowest BCUT2D eigenvalue weighted by Crippen LogP contribution is -2.58. The number of H-pyrrole nitrogens is 1. The van der Waals surface area contributed by atoms with E-state index in [1.807, 2.05) is 0 Å². The number of esters is 2. The molecular weight excluding hydrogens is 540 g/mol. The number of nitrogens with one attached hydrogen (secondary N) is 1. The van der Waals surface area contributed by atoms with E-state index in [9.17, 15) is 9.59 Å². The van der Waals surface area contributed by atoms with Crippen LogP contribution in [0.3, 0.4) is 0 Å². The summed E-state index contributed by atoms with van der Waals surface area (Å²) in [6, 6.07) is 11.7. The first-order chi connectivity index (χ1) is 20.4. The number of nitrogens with zero attached hydrogens (tertiary/aromatic N) is 1. The number of benzene rings is 2. The van der Waals surface area contributed by atoms with E-state index >= 15 is 0 Å². The van der Waals surface area contributed by atoms with Gasteiger partial charge in [0.15, 0.2) is 11.5 Å². The summed E-state index contributed by atoms with van der Waals surface area (Å²) in [5.41, 5.74) is 4.01. The van der Waals surface area contributed by atoms with Gasteiger partial charge in [-0.3, -0.25) is 9.69 Å². The van der Waals surface area contributed by atoms with Gasteiger partial charge in [0.25, 0.3) is 0 Å². The SMILES string of the molecule is COC(=O)[C@H]1[C@H]2C[C@H]3c4[nH]c5ccccc5c4CCN3C[C@H]2C[C@H](OC(=O)c2cc(OC)c(OC)c(OC)c2)[C@H]1OC. The zero-order valence-corrected chi connectivity index (χ0v) is 24.7. The Bertz CT molecular complexity index is 1460. The first kappa shape index (κ1) is 28.4. The molecule has 42 heavy (non-hydrogen) atoms. The van der Waals surface area contributed by atoms with Crippen LogP contribution in [-0.4, -0.2) is 82.7 Å². The van der Waals surface area contributed by atoms with E-state index in [0.29, 0.717) is 23.7 Å². The molecule has 0 bridgehead atoms. The zero-order chi connectivity index (χ0) is 29.5. The average molecular weight is 579 g/mol. The molecule has 10 nitrogen and oxygen atoms in total. The number of piperidine rings is 1. The third-order valence-corrected chi connectivity index (χ3v) is 9.46. The van der Waals surface area contributed by atoms with Crippen LogP contribution in [0.2, 0.25) is 0 Å². The van der Waals surface area contributed by atoms with Crippen molar-refractivity contribution >= 4 is 22.8 Å². The van der Waals surface area contributed by atoms with Crippen LogP contribution < -0.4 is 14.2 Å². The molecule has 2 fully saturated rings. The number of ether oxygens (including phenoxy) is 6. The maximum atomic E-state index is 13.5. The van der Waals surface area contributed by atoms with Crippen molar-refractivity contribution in [1.29, 1.82) is 0 Å². The number of methoxy groups -OCH3 is 5. The van der Waals surface area contributed by atoms with Gasteiger partial charge in [-0.15, -0.1) is 0 Å².